The van der Waals surface area contributed by atoms with Crippen molar-refractivity contribution in [2.45, 2.75) is 32.3 Å². The average molecular weight is 281 g/mol. The highest BCUT2D eigenvalue weighted by molar-refractivity contribution is 5.51. The molecular formula is C16H27NO3. The Balaban J connectivity index is 2.32. The zero-order chi connectivity index (χ0) is 14.6. The van der Waals surface area contributed by atoms with Gasteiger partial charge in [-0.1, -0.05) is 31.5 Å². The summed E-state index contributed by atoms with van der Waals surface area (Å²) in [4.78, 5) is 0. The van der Waals surface area contributed by atoms with E-state index < -0.39 is 6.10 Å². The number of aliphatic hydroxyl groups excluding tert-OH is 1. The molecule has 4 nitrogen and oxygen atoms in total. The van der Waals surface area contributed by atoms with Crippen LogP contribution in [0.25, 0.3) is 0 Å². The summed E-state index contributed by atoms with van der Waals surface area (Å²) in [5.41, 5.74) is 2.26. The molecule has 0 bridgehead atoms. The average Bonchev–Trinajstić information content (AvgIpc) is 2.48. The van der Waals surface area contributed by atoms with E-state index in [9.17, 15) is 5.11 Å². The fourth-order valence-electron chi connectivity index (χ4n) is 1.88. The first-order valence-corrected chi connectivity index (χ1v) is 7.34. The SMILES string of the molecule is CCCCOCC(O)CNc1ccccc1CCOC. The molecule has 0 aliphatic rings. The van der Waals surface area contributed by atoms with Gasteiger partial charge in [0.2, 0.25) is 0 Å². The quantitative estimate of drug-likeness (QED) is 0.612. The molecule has 1 aromatic carbocycles. The third-order valence-electron chi connectivity index (χ3n) is 3.07. The summed E-state index contributed by atoms with van der Waals surface area (Å²) < 4.78 is 10.5. The summed E-state index contributed by atoms with van der Waals surface area (Å²) in [7, 11) is 1.70. The maximum absolute atomic E-state index is 9.86. The van der Waals surface area contributed by atoms with Gasteiger partial charge in [0, 0.05) is 25.9 Å². The molecule has 1 atom stereocenters. The Morgan fingerprint density at radius 3 is 2.80 bits per heavy atom. The van der Waals surface area contributed by atoms with E-state index in [0.717, 1.165) is 31.6 Å². The number of anilines is 1. The zero-order valence-electron chi connectivity index (χ0n) is 12.6. The van der Waals surface area contributed by atoms with Gasteiger partial charge in [-0.25, -0.2) is 0 Å². The molecule has 0 saturated heterocycles. The van der Waals surface area contributed by atoms with Gasteiger partial charge >= 0.3 is 0 Å². The maximum atomic E-state index is 9.86. The first kappa shape index (κ1) is 17.0. The van der Waals surface area contributed by atoms with Crippen molar-refractivity contribution in [1.29, 1.82) is 0 Å². The highest BCUT2D eigenvalue weighted by Gasteiger charge is 2.06. The van der Waals surface area contributed by atoms with Crippen molar-refractivity contribution in [2.75, 3.05) is 38.8 Å². The molecule has 0 spiro atoms. The van der Waals surface area contributed by atoms with Crippen LogP contribution in [0.4, 0.5) is 5.69 Å². The Labute approximate surface area is 122 Å². The third kappa shape index (κ3) is 6.89. The fourth-order valence-corrected chi connectivity index (χ4v) is 1.88. The summed E-state index contributed by atoms with van der Waals surface area (Å²) in [5.74, 6) is 0. The van der Waals surface area contributed by atoms with E-state index in [-0.39, 0.29) is 0 Å². The second-order valence-corrected chi connectivity index (χ2v) is 4.86. The van der Waals surface area contributed by atoms with Crippen LogP contribution in [0.15, 0.2) is 24.3 Å². The van der Waals surface area contributed by atoms with Crippen molar-refractivity contribution in [1.82, 2.24) is 0 Å². The van der Waals surface area contributed by atoms with Crippen molar-refractivity contribution in [3.05, 3.63) is 29.8 Å². The summed E-state index contributed by atoms with van der Waals surface area (Å²) in [6.45, 7) is 4.42. The van der Waals surface area contributed by atoms with Crippen LogP contribution >= 0.6 is 0 Å². The van der Waals surface area contributed by atoms with Crippen LogP contribution in [0.1, 0.15) is 25.3 Å². The molecule has 1 aromatic rings. The molecule has 0 aliphatic heterocycles. The van der Waals surface area contributed by atoms with Crippen LogP contribution in [-0.4, -0.2) is 44.7 Å². The summed E-state index contributed by atoms with van der Waals surface area (Å²) in [6.07, 6.45) is 2.53. The summed E-state index contributed by atoms with van der Waals surface area (Å²) in [6, 6.07) is 8.10. The van der Waals surface area contributed by atoms with Crippen LogP contribution in [0, 0.1) is 0 Å². The number of para-hydroxylation sites is 1. The van der Waals surface area contributed by atoms with Crippen LogP contribution < -0.4 is 5.32 Å². The van der Waals surface area contributed by atoms with Gasteiger partial charge < -0.3 is 19.9 Å². The Bertz CT molecular complexity index is 357. The number of nitrogens with one attached hydrogen (secondary N) is 1. The first-order chi connectivity index (χ1) is 9.77. The van der Waals surface area contributed by atoms with Crippen molar-refractivity contribution in [3.8, 4) is 0 Å². The molecule has 0 aromatic heterocycles. The van der Waals surface area contributed by atoms with Gasteiger partial charge in [-0.3, -0.25) is 0 Å². The number of hydrogen-bond donors (Lipinski definition) is 2. The topological polar surface area (TPSA) is 50.7 Å². The van der Waals surface area contributed by atoms with Crippen molar-refractivity contribution in [3.63, 3.8) is 0 Å². The molecular weight excluding hydrogens is 254 g/mol. The summed E-state index contributed by atoms with van der Waals surface area (Å²) in [5, 5.41) is 13.1. The van der Waals surface area contributed by atoms with Crippen molar-refractivity contribution in [2.24, 2.45) is 0 Å². The second kappa shape index (κ2) is 10.7. The van der Waals surface area contributed by atoms with Crippen LogP contribution in [0.5, 0.6) is 0 Å². The zero-order valence-corrected chi connectivity index (χ0v) is 12.6. The fraction of sp³-hybridized carbons (Fsp3) is 0.625. The van der Waals surface area contributed by atoms with E-state index in [0.29, 0.717) is 19.8 Å². The normalized spacial score (nSPS) is 12.3. The van der Waals surface area contributed by atoms with E-state index in [4.69, 9.17) is 9.47 Å². The van der Waals surface area contributed by atoms with E-state index >= 15 is 0 Å². The van der Waals surface area contributed by atoms with Crippen molar-refractivity contribution < 1.29 is 14.6 Å². The minimum absolute atomic E-state index is 0.382. The van der Waals surface area contributed by atoms with E-state index in [1.54, 1.807) is 7.11 Å². The smallest absolute Gasteiger partial charge is 0.0945 e. The Morgan fingerprint density at radius 1 is 1.25 bits per heavy atom. The van der Waals surface area contributed by atoms with E-state index in [1.807, 2.05) is 18.2 Å². The highest BCUT2D eigenvalue weighted by Crippen LogP contribution is 2.15. The van der Waals surface area contributed by atoms with Gasteiger partial charge in [-0.05, 0) is 24.5 Å². The number of hydrogen-bond acceptors (Lipinski definition) is 4. The number of aliphatic hydroxyl groups is 1. The Morgan fingerprint density at radius 2 is 2.05 bits per heavy atom. The minimum Gasteiger partial charge on any atom is -0.389 e. The number of rotatable bonds is 11. The molecule has 0 fully saturated rings. The molecule has 20 heavy (non-hydrogen) atoms. The number of methoxy groups -OCH3 is 1. The molecule has 2 N–H and O–H groups in total. The van der Waals surface area contributed by atoms with Gasteiger partial charge in [-0.15, -0.1) is 0 Å². The lowest BCUT2D eigenvalue weighted by atomic mass is 10.1. The van der Waals surface area contributed by atoms with E-state index in [2.05, 4.69) is 18.3 Å². The lowest BCUT2D eigenvalue weighted by Gasteiger charge is -2.15. The molecule has 114 valence electrons. The minimum atomic E-state index is -0.484. The van der Waals surface area contributed by atoms with Crippen LogP contribution in [-0.2, 0) is 15.9 Å². The molecule has 0 amide bonds. The third-order valence-corrected chi connectivity index (χ3v) is 3.07. The monoisotopic (exact) mass is 281 g/mol. The lowest BCUT2D eigenvalue weighted by Crippen LogP contribution is -2.25. The van der Waals surface area contributed by atoms with Gasteiger partial charge in [0.05, 0.1) is 19.3 Å². The molecule has 4 heteroatoms. The van der Waals surface area contributed by atoms with E-state index in [1.165, 1.54) is 5.56 Å². The molecule has 0 radical (unpaired) electrons. The Kier molecular flexibility index (Phi) is 9.04. The Hall–Kier alpha value is -1.10. The van der Waals surface area contributed by atoms with Crippen LogP contribution in [0.3, 0.4) is 0 Å². The molecule has 0 aliphatic carbocycles. The van der Waals surface area contributed by atoms with Gasteiger partial charge in [-0.2, -0.15) is 0 Å². The first-order valence-electron chi connectivity index (χ1n) is 7.34. The highest BCUT2D eigenvalue weighted by atomic mass is 16.5. The van der Waals surface area contributed by atoms with Gasteiger partial charge in [0.15, 0.2) is 0 Å². The van der Waals surface area contributed by atoms with Crippen LogP contribution in [0.2, 0.25) is 0 Å². The number of benzene rings is 1. The van der Waals surface area contributed by atoms with Crippen molar-refractivity contribution >= 4 is 5.69 Å². The lowest BCUT2D eigenvalue weighted by molar-refractivity contribution is 0.0421. The van der Waals surface area contributed by atoms with Gasteiger partial charge in [0.25, 0.3) is 0 Å². The molecule has 1 rings (SSSR count). The number of ether oxygens (including phenoxy) is 2. The molecule has 1 unspecified atom stereocenters. The predicted molar refractivity (Wildman–Crippen MR) is 82.2 cm³/mol. The number of unbranched alkanes of at least 4 members (excludes halogenated alkanes) is 1. The summed E-state index contributed by atoms with van der Waals surface area (Å²) >= 11 is 0. The van der Waals surface area contributed by atoms with Gasteiger partial charge in [0.1, 0.15) is 0 Å². The molecule has 0 heterocycles. The predicted octanol–water partition coefficient (Wildman–Crippen LogP) is 2.47. The standard InChI is InChI=1S/C16H27NO3/c1-3-4-10-20-13-15(18)12-17-16-8-6-5-7-14(16)9-11-19-2/h5-8,15,17-18H,3-4,9-13H2,1-2H3. The molecule has 0 saturated carbocycles. The largest absolute Gasteiger partial charge is 0.389 e. The second-order valence-electron chi connectivity index (χ2n) is 4.86. The maximum Gasteiger partial charge on any atom is 0.0945 e.